The number of H-pyrrole nitrogens is 1. The Kier molecular flexibility index (Phi) is 6.13. The molecule has 1 aromatic rings. The topological polar surface area (TPSA) is 124 Å². The predicted octanol–water partition coefficient (Wildman–Crippen LogP) is 1.59. The third-order valence-corrected chi connectivity index (χ3v) is 5.73. The van der Waals surface area contributed by atoms with E-state index in [-0.39, 0.29) is 24.7 Å². The lowest BCUT2D eigenvalue weighted by Crippen LogP contribution is -2.43. The summed E-state index contributed by atoms with van der Waals surface area (Å²) in [5.41, 5.74) is 2.78. The Morgan fingerprint density at radius 3 is 2.63 bits per heavy atom. The van der Waals surface area contributed by atoms with Gasteiger partial charge in [-0.15, -0.1) is 0 Å². The number of aromatic nitrogens is 2. The SMILES string of the molecule is O=C(O)CC[C@@]1(CCC(=O)NCc2n[nH]c3c2CCCCC3)CCC(=O)N1. The van der Waals surface area contributed by atoms with Crippen LogP contribution in [-0.2, 0) is 33.8 Å². The van der Waals surface area contributed by atoms with E-state index in [4.69, 9.17) is 5.11 Å². The number of aromatic amines is 1. The number of carbonyl (C=O) groups excluding carboxylic acids is 2. The van der Waals surface area contributed by atoms with E-state index in [1.165, 1.54) is 24.1 Å². The Hall–Kier alpha value is -2.38. The number of nitrogens with zero attached hydrogens (tertiary/aromatic N) is 1. The molecule has 1 saturated heterocycles. The number of nitrogens with one attached hydrogen (secondary N) is 3. The van der Waals surface area contributed by atoms with Gasteiger partial charge in [0.2, 0.25) is 11.8 Å². The number of hydrogen-bond acceptors (Lipinski definition) is 4. The number of rotatable bonds is 8. The maximum atomic E-state index is 12.3. The van der Waals surface area contributed by atoms with E-state index in [1.807, 2.05) is 0 Å². The van der Waals surface area contributed by atoms with Crippen molar-refractivity contribution in [2.75, 3.05) is 0 Å². The number of amides is 2. The fraction of sp³-hybridized carbons (Fsp3) is 0.684. The molecule has 0 unspecified atom stereocenters. The fourth-order valence-electron chi connectivity index (χ4n) is 4.12. The van der Waals surface area contributed by atoms with Crippen LogP contribution in [0.2, 0.25) is 0 Å². The van der Waals surface area contributed by atoms with Gasteiger partial charge in [0.25, 0.3) is 0 Å². The largest absolute Gasteiger partial charge is 0.481 e. The van der Waals surface area contributed by atoms with Gasteiger partial charge in [-0.25, -0.2) is 0 Å². The molecule has 0 spiro atoms. The number of hydrogen-bond donors (Lipinski definition) is 4. The first-order chi connectivity index (χ1) is 13.0. The van der Waals surface area contributed by atoms with E-state index in [0.717, 1.165) is 25.0 Å². The number of aryl methyl sites for hydroxylation is 1. The monoisotopic (exact) mass is 376 g/mol. The number of carboxylic acid groups (broad SMARTS) is 1. The molecule has 27 heavy (non-hydrogen) atoms. The predicted molar refractivity (Wildman–Crippen MR) is 97.9 cm³/mol. The van der Waals surface area contributed by atoms with Crippen LogP contribution in [0.5, 0.6) is 0 Å². The summed E-state index contributed by atoms with van der Waals surface area (Å²) in [7, 11) is 0. The van der Waals surface area contributed by atoms with Gasteiger partial charge in [-0.2, -0.15) is 5.10 Å². The number of carbonyl (C=O) groups is 3. The molecule has 8 heteroatoms. The molecule has 2 aliphatic rings. The quantitative estimate of drug-likeness (QED) is 0.513. The summed E-state index contributed by atoms with van der Waals surface area (Å²) in [5, 5.41) is 22.2. The van der Waals surface area contributed by atoms with Gasteiger partial charge in [0.05, 0.1) is 12.2 Å². The first-order valence-electron chi connectivity index (χ1n) is 9.82. The van der Waals surface area contributed by atoms with Crippen LogP contribution >= 0.6 is 0 Å². The highest BCUT2D eigenvalue weighted by atomic mass is 16.4. The average molecular weight is 376 g/mol. The van der Waals surface area contributed by atoms with Crippen molar-refractivity contribution in [1.82, 2.24) is 20.8 Å². The van der Waals surface area contributed by atoms with E-state index in [1.54, 1.807) is 0 Å². The summed E-state index contributed by atoms with van der Waals surface area (Å²) in [5.74, 6) is -1.06. The molecule has 3 rings (SSSR count). The zero-order valence-electron chi connectivity index (χ0n) is 15.6. The molecule has 0 saturated carbocycles. The van der Waals surface area contributed by atoms with Crippen LogP contribution in [0, 0.1) is 0 Å². The molecule has 2 heterocycles. The molecule has 0 aromatic carbocycles. The van der Waals surface area contributed by atoms with Crippen molar-refractivity contribution in [3.63, 3.8) is 0 Å². The molecule has 8 nitrogen and oxygen atoms in total. The highest BCUT2D eigenvalue weighted by molar-refractivity contribution is 5.80. The minimum atomic E-state index is -0.890. The maximum Gasteiger partial charge on any atom is 0.303 e. The first kappa shape index (κ1) is 19.4. The Labute approximate surface area is 158 Å². The highest BCUT2D eigenvalue weighted by Gasteiger charge is 2.37. The molecule has 1 atom stereocenters. The molecule has 1 aromatic heterocycles. The standard InChI is InChI=1S/C19H28N4O4/c24-16(6-9-19(11-8-18(26)27)10-7-17(25)21-19)20-12-15-13-4-2-1-3-5-14(13)22-23-15/h1-12H2,(H,20,24)(H,21,25)(H,22,23)(H,26,27)/t19-/m1/s1. The molecule has 1 fully saturated rings. The van der Waals surface area contributed by atoms with Gasteiger partial charge in [-0.05, 0) is 50.5 Å². The van der Waals surface area contributed by atoms with Crippen molar-refractivity contribution in [3.8, 4) is 0 Å². The lowest BCUT2D eigenvalue weighted by atomic mass is 9.86. The minimum absolute atomic E-state index is 0.0126. The summed E-state index contributed by atoms with van der Waals surface area (Å²) in [6, 6.07) is 0. The third kappa shape index (κ3) is 5.08. The van der Waals surface area contributed by atoms with Crippen molar-refractivity contribution in [3.05, 3.63) is 17.0 Å². The smallest absolute Gasteiger partial charge is 0.303 e. The van der Waals surface area contributed by atoms with Crippen molar-refractivity contribution < 1.29 is 19.5 Å². The minimum Gasteiger partial charge on any atom is -0.481 e. The lowest BCUT2D eigenvalue weighted by Gasteiger charge is -2.28. The second kappa shape index (κ2) is 8.54. The normalized spacial score (nSPS) is 22.0. The van der Waals surface area contributed by atoms with Crippen LogP contribution in [0.4, 0.5) is 0 Å². The van der Waals surface area contributed by atoms with Crippen LogP contribution in [0.3, 0.4) is 0 Å². The Bertz CT molecular complexity index is 715. The zero-order valence-corrected chi connectivity index (χ0v) is 15.6. The Morgan fingerprint density at radius 2 is 1.89 bits per heavy atom. The second-order valence-electron chi connectivity index (χ2n) is 7.69. The van der Waals surface area contributed by atoms with Gasteiger partial charge < -0.3 is 15.7 Å². The summed E-state index contributed by atoms with van der Waals surface area (Å²) in [4.78, 5) is 34.8. The van der Waals surface area contributed by atoms with Crippen molar-refractivity contribution in [2.45, 2.75) is 82.7 Å². The fourth-order valence-corrected chi connectivity index (χ4v) is 4.12. The van der Waals surface area contributed by atoms with Crippen LogP contribution in [0.1, 0.15) is 74.7 Å². The van der Waals surface area contributed by atoms with Gasteiger partial charge in [-0.1, -0.05) is 6.42 Å². The van der Waals surface area contributed by atoms with Crippen LogP contribution in [0.25, 0.3) is 0 Å². The first-order valence-corrected chi connectivity index (χ1v) is 9.82. The molecule has 4 N–H and O–H groups in total. The molecule has 0 radical (unpaired) electrons. The van der Waals surface area contributed by atoms with Crippen molar-refractivity contribution >= 4 is 17.8 Å². The van der Waals surface area contributed by atoms with E-state index in [2.05, 4.69) is 20.8 Å². The third-order valence-electron chi connectivity index (χ3n) is 5.73. The summed E-state index contributed by atoms with van der Waals surface area (Å²) in [6.45, 7) is 0.402. The Morgan fingerprint density at radius 1 is 1.11 bits per heavy atom. The average Bonchev–Trinajstić information content (AvgIpc) is 3.12. The van der Waals surface area contributed by atoms with Gasteiger partial charge in [-0.3, -0.25) is 19.5 Å². The number of fused-ring (bicyclic) bond motifs is 1. The highest BCUT2D eigenvalue weighted by Crippen LogP contribution is 2.30. The van der Waals surface area contributed by atoms with E-state index >= 15 is 0 Å². The molecular weight excluding hydrogens is 348 g/mol. The van der Waals surface area contributed by atoms with Crippen LogP contribution in [0.15, 0.2) is 0 Å². The van der Waals surface area contributed by atoms with Gasteiger partial charge in [0.1, 0.15) is 0 Å². The molecule has 0 bridgehead atoms. The number of carboxylic acids is 1. The van der Waals surface area contributed by atoms with Crippen molar-refractivity contribution in [2.24, 2.45) is 0 Å². The Balaban J connectivity index is 1.51. The van der Waals surface area contributed by atoms with E-state index in [0.29, 0.717) is 32.2 Å². The van der Waals surface area contributed by atoms with Crippen LogP contribution in [-0.4, -0.2) is 38.6 Å². The molecule has 2 amide bonds. The second-order valence-corrected chi connectivity index (χ2v) is 7.69. The molecule has 1 aliphatic carbocycles. The van der Waals surface area contributed by atoms with Gasteiger partial charge >= 0.3 is 5.97 Å². The van der Waals surface area contributed by atoms with E-state index in [9.17, 15) is 14.4 Å². The summed E-state index contributed by atoms with van der Waals surface area (Å²) >= 11 is 0. The molecule has 148 valence electrons. The van der Waals surface area contributed by atoms with Crippen LogP contribution < -0.4 is 10.6 Å². The van der Waals surface area contributed by atoms with E-state index < -0.39 is 11.5 Å². The maximum absolute atomic E-state index is 12.3. The lowest BCUT2D eigenvalue weighted by molar-refractivity contribution is -0.137. The molecule has 1 aliphatic heterocycles. The zero-order chi connectivity index (χ0) is 19.3. The number of aliphatic carboxylic acids is 1. The molecular formula is C19H28N4O4. The van der Waals surface area contributed by atoms with Gasteiger partial charge in [0.15, 0.2) is 0 Å². The van der Waals surface area contributed by atoms with Crippen molar-refractivity contribution in [1.29, 1.82) is 0 Å². The summed E-state index contributed by atoms with van der Waals surface area (Å²) < 4.78 is 0. The summed E-state index contributed by atoms with van der Waals surface area (Å²) in [6.07, 6.45) is 7.59. The van der Waals surface area contributed by atoms with Gasteiger partial charge in [0, 0.05) is 30.5 Å².